The quantitative estimate of drug-likeness (QED) is 0.270. The molecule has 4 atom stereocenters. The van der Waals surface area contributed by atoms with Crippen LogP contribution in [0.5, 0.6) is 0 Å². The van der Waals surface area contributed by atoms with Gasteiger partial charge in [0.25, 0.3) is 0 Å². The molecule has 1 saturated carbocycles. The highest BCUT2D eigenvalue weighted by Gasteiger charge is 2.43. The van der Waals surface area contributed by atoms with Crippen LogP contribution in [0.1, 0.15) is 61.1 Å². The first-order valence-corrected chi connectivity index (χ1v) is 10.6. The summed E-state index contributed by atoms with van der Waals surface area (Å²) in [6.45, 7) is 2.04. The van der Waals surface area contributed by atoms with Gasteiger partial charge in [-0.3, -0.25) is 0 Å². The van der Waals surface area contributed by atoms with Gasteiger partial charge in [-0.25, -0.2) is 17.6 Å². The number of hydrogen-bond acceptors (Lipinski definition) is 0. The van der Waals surface area contributed by atoms with Gasteiger partial charge in [0.05, 0.1) is 0 Å². The number of rotatable bonds is 3. The van der Waals surface area contributed by atoms with Gasteiger partial charge in [0, 0.05) is 6.07 Å². The van der Waals surface area contributed by atoms with Gasteiger partial charge in [0.1, 0.15) is 28.3 Å². The molecule has 0 aliphatic heterocycles. The summed E-state index contributed by atoms with van der Waals surface area (Å²) in [5, 5.41) is -0.500. The Morgan fingerprint density at radius 2 is 1.69 bits per heavy atom. The molecule has 0 saturated heterocycles. The molecule has 0 amide bonds. The second-order valence-corrected chi connectivity index (χ2v) is 8.54. The molecule has 0 unspecified atom stereocenters. The largest absolute Gasteiger partial charge is 0.207 e. The lowest BCUT2D eigenvalue weighted by atomic mass is 9.58. The van der Waals surface area contributed by atoms with Crippen molar-refractivity contribution in [3.05, 3.63) is 81.4 Å². The molecule has 2 aromatic rings. The molecule has 5 heteroatoms. The van der Waals surface area contributed by atoms with E-state index in [2.05, 4.69) is 12.2 Å². The maximum Gasteiger partial charge on any atom is 0.145 e. The second kappa shape index (κ2) is 8.14. The van der Waals surface area contributed by atoms with Crippen LogP contribution in [0.25, 0.3) is 0 Å². The van der Waals surface area contributed by atoms with E-state index in [0.29, 0.717) is 24.0 Å². The Hall–Kier alpha value is -1.81. The third-order valence-electron chi connectivity index (χ3n) is 6.58. The fraction of sp³-hybridized carbons (Fsp3) is 0.417. The van der Waals surface area contributed by atoms with Crippen molar-refractivity contribution in [3.8, 4) is 0 Å². The molecule has 2 aromatic carbocycles. The predicted octanol–water partition coefficient (Wildman–Crippen LogP) is 7.70. The summed E-state index contributed by atoms with van der Waals surface area (Å²) in [6.07, 6.45) is 7.89. The van der Waals surface area contributed by atoms with E-state index in [0.717, 1.165) is 30.9 Å². The van der Waals surface area contributed by atoms with E-state index in [1.165, 1.54) is 18.2 Å². The maximum atomic E-state index is 14.3. The van der Waals surface area contributed by atoms with Crippen LogP contribution in [0.4, 0.5) is 17.6 Å². The standard InChI is InChI=1S/C24H23ClF4/c1-2-3-4-13-5-6-16-18(8-7-17-19(16)11-15(26)12-20(17)27)23(13)14-9-21(28)24(25)22(29)10-14/h3-4,9-13,16,18,23H,2,5-8H2,1H3/b4-3+/t13-,16-,18+,23-/m1/s1. The third kappa shape index (κ3) is 3.72. The number of hydrogen-bond donors (Lipinski definition) is 0. The molecule has 154 valence electrons. The van der Waals surface area contributed by atoms with E-state index in [4.69, 9.17) is 11.6 Å². The number of fused-ring (bicyclic) bond motifs is 3. The van der Waals surface area contributed by atoms with Crippen LogP contribution in [0, 0.1) is 35.1 Å². The molecule has 0 bridgehead atoms. The van der Waals surface area contributed by atoms with Gasteiger partial charge in [-0.1, -0.05) is 30.7 Å². The van der Waals surface area contributed by atoms with Crippen molar-refractivity contribution in [1.82, 2.24) is 0 Å². The summed E-state index contributed by atoms with van der Waals surface area (Å²) in [4.78, 5) is 0. The normalized spacial score (nSPS) is 26.4. The summed E-state index contributed by atoms with van der Waals surface area (Å²) in [5.74, 6) is -2.58. The Kier molecular flexibility index (Phi) is 5.74. The molecule has 0 heterocycles. The Bertz CT molecular complexity index is 929. The van der Waals surface area contributed by atoms with E-state index in [1.54, 1.807) is 0 Å². The molecular weight excluding hydrogens is 400 g/mol. The zero-order valence-corrected chi connectivity index (χ0v) is 17.0. The summed E-state index contributed by atoms with van der Waals surface area (Å²) in [7, 11) is 0. The van der Waals surface area contributed by atoms with E-state index in [1.807, 2.05) is 6.92 Å². The summed E-state index contributed by atoms with van der Waals surface area (Å²) in [6, 6.07) is 5.04. The minimum Gasteiger partial charge on any atom is -0.207 e. The van der Waals surface area contributed by atoms with Gasteiger partial charge in [-0.15, -0.1) is 0 Å². The minimum atomic E-state index is -0.768. The molecule has 4 rings (SSSR count). The Balaban J connectivity index is 1.80. The first kappa shape index (κ1) is 20.5. The molecular formula is C24H23ClF4. The molecule has 1 fully saturated rings. The van der Waals surface area contributed by atoms with Crippen molar-refractivity contribution in [2.24, 2.45) is 11.8 Å². The monoisotopic (exact) mass is 422 g/mol. The van der Waals surface area contributed by atoms with Gasteiger partial charge in [0.2, 0.25) is 0 Å². The topological polar surface area (TPSA) is 0 Å². The van der Waals surface area contributed by atoms with Crippen molar-refractivity contribution in [2.45, 2.75) is 50.9 Å². The fourth-order valence-corrected chi connectivity index (χ4v) is 5.53. The number of benzene rings is 2. The van der Waals surface area contributed by atoms with Crippen molar-refractivity contribution in [2.75, 3.05) is 0 Å². The smallest absolute Gasteiger partial charge is 0.145 e. The van der Waals surface area contributed by atoms with Crippen LogP contribution in [0.2, 0.25) is 5.02 Å². The highest BCUT2D eigenvalue weighted by Crippen LogP contribution is 2.54. The zero-order chi connectivity index (χ0) is 20.7. The number of allylic oxidation sites excluding steroid dienone is 2. The first-order valence-electron chi connectivity index (χ1n) is 10.2. The highest BCUT2D eigenvalue weighted by atomic mass is 35.5. The zero-order valence-electron chi connectivity index (χ0n) is 16.2. The maximum absolute atomic E-state index is 14.3. The lowest BCUT2D eigenvalue weighted by Gasteiger charge is -2.46. The minimum absolute atomic E-state index is 0.0259. The third-order valence-corrected chi connectivity index (χ3v) is 6.94. The molecule has 2 aliphatic rings. The van der Waals surface area contributed by atoms with Crippen molar-refractivity contribution in [1.29, 1.82) is 0 Å². The molecule has 29 heavy (non-hydrogen) atoms. The van der Waals surface area contributed by atoms with Gasteiger partial charge in [0.15, 0.2) is 0 Å². The average molecular weight is 423 g/mol. The van der Waals surface area contributed by atoms with Gasteiger partial charge < -0.3 is 0 Å². The Morgan fingerprint density at radius 1 is 0.966 bits per heavy atom. The number of halogens is 5. The van der Waals surface area contributed by atoms with Gasteiger partial charge >= 0.3 is 0 Å². The SMILES string of the molecule is CC/C=C/[C@@H]1CC[C@H]2c3cc(F)cc(F)c3CC[C@@H]2[C@H]1c1cc(F)c(Cl)c(F)c1. The van der Waals surface area contributed by atoms with E-state index < -0.39 is 28.3 Å². The molecule has 0 radical (unpaired) electrons. The van der Waals surface area contributed by atoms with Gasteiger partial charge in [-0.05, 0) is 90.7 Å². The average Bonchev–Trinajstić information content (AvgIpc) is 2.69. The first-order chi connectivity index (χ1) is 13.9. The summed E-state index contributed by atoms with van der Waals surface area (Å²) < 4.78 is 56.8. The fourth-order valence-electron chi connectivity index (χ4n) is 5.42. The lowest BCUT2D eigenvalue weighted by Crippen LogP contribution is -2.35. The molecule has 2 aliphatic carbocycles. The van der Waals surface area contributed by atoms with Gasteiger partial charge in [-0.2, -0.15) is 0 Å². The van der Waals surface area contributed by atoms with Crippen molar-refractivity contribution >= 4 is 11.6 Å². The predicted molar refractivity (Wildman–Crippen MR) is 107 cm³/mol. The highest BCUT2D eigenvalue weighted by molar-refractivity contribution is 6.30. The van der Waals surface area contributed by atoms with Crippen LogP contribution in [0.3, 0.4) is 0 Å². The second-order valence-electron chi connectivity index (χ2n) is 8.17. The summed E-state index contributed by atoms with van der Waals surface area (Å²) in [5.41, 5.74) is 1.88. The summed E-state index contributed by atoms with van der Waals surface area (Å²) >= 11 is 5.70. The van der Waals surface area contributed by atoms with Crippen LogP contribution >= 0.6 is 11.6 Å². The molecule has 0 aromatic heterocycles. The van der Waals surface area contributed by atoms with Crippen molar-refractivity contribution in [3.63, 3.8) is 0 Å². The lowest BCUT2D eigenvalue weighted by molar-refractivity contribution is 0.193. The van der Waals surface area contributed by atoms with E-state index in [9.17, 15) is 17.6 Å². The van der Waals surface area contributed by atoms with E-state index >= 15 is 0 Å². The van der Waals surface area contributed by atoms with Crippen LogP contribution in [-0.4, -0.2) is 0 Å². The molecule has 0 spiro atoms. The molecule has 0 N–H and O–H groups in total. The van der Waals surface area contributed by atoms with E-state index in [-0.39, 0.29) is 23.7 Å². The van der Waals surface area contributed by atoms with Crippen LogP contribution in [-0.2, 0) is 6.42 Å². The Labute approximate surface area is 173 Å². The Morgan fingerprint density at radius 3 is 2.38 bits per heavy atom. The van der Waals surface area contributed by atoms with Crippen molar-refractivity contribution < 1.29 is 17.6 Å². The van der Waals surface area contributed by atoms with Crippen LogP contribution < -0.4 is 0 Å². The molecule has 0 nitrogen and oxygen atoms in total. The van der Waals surface area contributed by atoms with Crippen LogP contribution in [0.15, 0.2) is 36.4 Å².